The van der Waals surface area contributed by atoms with Crippen LogP contribution in [0.4, 0.5) is 0 Å². The molecule has 7 heteroatoms. The van der Waals surface area contributed by atoms with Gasteiger partial charge in [0.25, 0.3) is 0 Å². The number of aryl methyl sites for hydroxylation is 2. The summed E-state index contributed by atoms with van der Waals surface area (Å²) in [5.41, 5.74) is 3.79. The number of nitrogens with zero attached hydrogens (tertiary/aromatic N) is 4. The van der Waals surface area contributed by atoms with Gasteiger partial charge in [0.05, 0.1) is 30.5 Å². The molecule has 3 heterocycles. The first-order valence-electron chi connectivity index (χ1n) is 8.89. The van der Waals surface area contributed by atoms with E-state index >= 15 is 0 Å². The number of rotatable bonds is 5. The second-order valence-corrected chi connectivity index (χ2v) is 7.19. The van der Waals surface area contributed by atoms with E-state index in [-0.39, 0.29) is 30.4 Å². The Bertz CT molecular complexity index is 938. The average molecular weight is 353 g/mol. The van der Waals surface area contributed by atoms with Gasteiger partial charge < -0.3 is 14.8 Å². The molecule has 3 aromatic heterocycles. The molecular weight excluding hydrogens is 330 g/mol. The van der Waals surface area contributed by atoms with E-state index in [0.717, 1.165) is 22.5 Å². The van der Waals surface area contributed by atoms with E-state index in [4.69, 9.17) is 0 Å². The van der Waals surface area contributed by atoms with Crippen LogP contribution >= 0.6 is 0 Å². The van der Waals surface area contributed by atoms with Crippen molar-refractivity contribution in [3.8, 4) is 0 Å². The Morgan fingerprint density at radius 3 is 2.92 bits per heavy atom. The molecule has 1 saturated carbocycles. The molecule has 0 bridgehead atoms. The lowest BCUT2D eigenvalue weighted by Crippen LogP contribution is -2.41. The SMILES string of the molecule is Cc1cccn2c(CC(=O)N[C@@H](c3cnn(C)c3)C3CC(O)C3)cnc12. The predicted octanol–water partition coefficient (Wildman–Crippen LogP) is 1.55. The zero-order chi connectivity index (χ0) is 18.3. The summed E-state index contributed by atoms with van der Waals surface area (Å²) in [5.74, 6) is 0.186. The molecule has 1 amide bonds. The van der Waals surface area contributed by atoms with Crippen molar-refractivity contribution in [2.24, 2.45) is 13.0 Å². The highest BCUT2D eigenvalue weighted by molar-refractivity contribution is 5.79. The van der Waals surface area contributed by atoms with Crippen LogP contribution in [0.25, 0.3) is 5.65 Å². The Morgan fingerprint density at radius 1 is 1.42 bits per heavy atom. The fourth-order valence-electron chi connectivity index (χ4n) is 3.70. The van der Waals surface area contributed by atoms with Gasteiger partial charge in [0.2, 0.25) is 5.91 Å². The van der Waals surface area contributed by atoms with E-state index in [1.165, 1.54) is 0 Å². The topological polar surface area (TPSA) is 84.5 Å². The molecule has 7 nitrogen and oxygen atoms in total. The summed E-state index contributed by atoms with van der Waals surface area (Å²) in [7, 11) is 1.86. The van der Waals surface area contributed by atoms with Crippen molar-refractivity contribution in [2.45, 2.75) is 38.3 Å². The molecule has 2 N–H and O–H groups in total. The summed E-state index contributed by atoms with van der Waals surface area (Å²) in [6.45, 7) is 2.01. The first kappa shape index (κ1) is 16.8. The number of aliphatic hydroxyl groups is 1. The maximum absolute atomic E-state index is 12.7. The van der Waals surface area contributed by atoms with Crippen molar-refractivity contribution in [1.82, 2.24) is 24.5 Å². The number of aromatic nitrogens is 4. The van der Waals surface area contributed by atoms with Crippen molar-refractivity contribution < 1.29 is 9.90 Å². The number of pyridine rings is 1. The molecule has 3 aromatic rings. The lowest BCUT2D eigenvalue weighted by Gasteiger charge is -2.37. The summed E-state index contributed by atoms with van der Waals surface area (Å²) in [6, 6.07) is 3.84. The van der Waals surface area contributed by atoms with E-state index in [0.29, 0.717) is 12.8 Å². The summed E-state index contributed by atoms with van der Waals surface area (Å²) < 4.78 is 3.69. The first-order chi connectivity index (χ1) is 12.5. The number of amides is 1. The third-order valence-electron chi connectivity index (χ3n) is 5.17. The maximum Gasteiger partial charge on any atom is 0.226 e. The van der Waals surface area contributed by atoms with E-state index in [1.807, 2.05) is 42.9 Å². The Kier molecular flexibility index (Phi) is 4.24. The molecule has 0 spiro atoms. The second-order valence-electron chi connectivity index (χ2n) is 7.19. The van der Waals surface area contributed by atoms with Crippen LogP contribution in [0.2, 0.25) is 0 Å². The quantitative estimate of drug-likeness (QED) is 0.729. The summed E-state index contributed by atoms with van der Waals surface area (Å²) >= 11 is 0. The van der Waals surface area contributed by atoms with Crippen molar-refractivity contribution >= 4 is 11.6 Å². The Morgan fingerprint density at radius 2 is 2.23 bits per heavy atom. The smallest absolute Gasteiger partial charge is 0.226 e. The maximum atomic E-state index is 12.7. The van der Waals surface area contributed by atoms with Gasteiger partial charge in [-0.05, 0) is 37.3 Å². The van der Waals surface area contributed by atoms with Crippen LogP contribution in [0.15, 0.2) is 36.9 Å². The van der Waals surface area contributed by atoms with Gasteiger partial charge in [-0.1, -0.05) is 6.07 Å². The number of hydrogen-bond donors (Lipinski definition) is 2. The molecule has 4 rings (SSSR count). The Hall–Kier alpha value is -2.67. The fourth-order valence-corrected chi connectivity index (χ4v) is 3.70. The minimum atomic E-state index is -0.266. The number of hydrogen-bond acceptors (Lipinski definition) is 4. The lowest BCUT2D eigenvalue weighted by atomic mass is 9.75. The van der Waals surface area contributed by atoms with Crippen molar-refractivity contribution in [3.63, 3.8) is 0 Å². The zero-order valence-electron chi connectivity index (χ0n) is 15.0. The molecule has 0 aromatic carbocycles. The normalized spacial score (nSPS) is 20.7. The van der Waals surface area contributed by atoms with Gasteiger partial charge in [0.15, 0.2) is 0 Å². The van der Waals surface area contributed by atoms with Crippen LogP contribution in [0.5, 0.6) is 0 Å². The van der Waals surface area contributed by atoms with Crippen molar-refractivity contribution in [2.75, 3.05) is 0 Å². The van der Waals surface area contributed by atoms with Crippen LogP contribution in [-0.4, -0.2) is 36.3 Å². The molecule has 0 saturated heterocycles. The van der Waals surface area contributed by atoms with Crippen LogP contribution in [0.1, 0.15) is 35.7 Å². The molecular formula is C19H23N5O2. The molecule has 1 aliphatic carbocycles. The Labute approximate surface area is 151 Å². The first-order valence-corrected chi connectivity index (χ1v) is 8.89. The summed E-state index contributed by atoms with van der Waals surface area (Å²) in [4.78, 5) is 17.1. The van der Waals surface area contributed by atoms with Gasteiger partial charge in [0.1, 0.15) is 5.65 Å². The highest BCUT2D eigenvalue weighted by Crippen LogP contribution is 2.38. The average Bonchev–Trinajstić information content (AvgIpc) is 3.18. The van der Waals surface area contributed by atoms with E-state index in [2.05, 4.69) is 15.4 Å². The van der Waals surface area contributed by atoms with E-state index in [1.54, 1.807) is 17.1 Å². The summed E-state index contributed by atoms with van der Waals surface area (Å²) in [5, 5.41) is 17.0. The summed E-state index contributed by atoms with van der Waals surface area (Å²) in [6.07, 6.45) is 8.80. The van der Waals surface area contributed by atoms with Crippen molar-refractivity contribution in [3.05, 3.63) is 53.7 Å². The minimum Gasteiger partial charge on any atom is -0.393 e. The minimum absolute atomic E-state index is 0.0523. The molecule has 0 unspecified atom stereocenters. The predicted molar refractivity (Wildman–Crippen MR) is 96.5 cm³/mol. The van der Waals surface area contributed by atoms with Gasteiger partial charge >= 0.3 is 0 Å². The zero-order valence-corrected chi connectivity index (χ0v) is 15.0. The van der Waals surface area contributed by atoms with E-state index in [9.17, 15) is 9.90 Å². The number of fused-ring (bicyclic) bond motifs is 1. The largest absolute Gasteiger partial charge is 0.393 e. The molecule has 26 heavy (non-hydrogen) atoms. The fraction of sp³-hybridized carbons (Fsp3) is 0.421. The van der Waals surface area contributed by atoms with Crippen LogP contribution in [-0.2, 0) is 18.3 Å². The lowest BCUT2D eigenvalue weighted by molar-refractivity contribution is -0.122. The number of carbonyl (C=O) groups excluding carboxylic acids is 1. The van der Waals surface area contributed by atoms with Crippen LogP contribution < -0.4 is 5.32 Å². The highest BCUT2D eigenvalue weighted by atomic mass is 16.3. The molecule has 1 fully saturated rings. The second kappa shape index (κ2) is 6.57. The number of aliphatic hydroxyl groups excluding tert-OH is 1. The molecule has 1 atom stereocenters. The van der Waals surface area contributed by atoms with Crippen LogP contribution in [0, 0.1) is 12.8 Å². The van der Waals surface area contributed by atoms with Gasteiger partial charge in [-0.25, -0.2) is 4.98 Å². The molecule has 0 radical (unpaired) electrons. The van der Waals surface area contributed by atoms with Crippen LogP contribution in [0.3, 0.4) is 0 Å². The standard InChI is InChI=1S/C19H23N5O2/c1-12-4-3-5-24-15(10-20-19(12)24)8-17(26)22-18(13-6-16(25)7-13)14-9-21-23(2)11-14/h3-5,9-11,13,16,18,25H,6-8H2,1-2H3,(H,22,26)/t13?,16?,18-/m1/s1. The number of carbonyl (C=O) groups is 1. The highest BCUT2D eigenvalue weighted by Gasteiger charge is 2.36. The van der Waals surface area contributed by atoms with Gasteiger partial charge in [0, 0.05) is 31.2 Å². The third kappa shape index (κ3) is 3.10. The van der Waals surface area contributed by atoms with Gasteiger partial charge in [-0.3, -0.25) is 9.48 Å². The third-order valence-corrected chi connectivity index (χ3v) is 5.17. The Balaban J connectivity index is 1.52. The van der Waals surface area contributed by atoms with Gasteiger partial charge in [-0.15, -0.1) is 0 Å². The number of nitrogens with one attached hydrogen (secondary N) is 1. The van der Waals surface area contributed by atoms with E-state index < -0.39 is 0 Å². The molecule has 136 valence electrons. The van der Waals surface area contributed by atoms with Gasteiger partial charge in [-0.2, -0.15) is 5.10 Å². The monoisotopic (exact) mass is 353 g/mol. The molecule has 1 aliphatic rings. The van der Waals surface area contributed by atoms with Crippen molar-refractivity contribution in [1.29, 1.82) is 0 Å². The molecule has 0 aliphatic heterocycles. The number of imidazole rings is 1.